The molecule has 0 spiro atoms. The molecule has 0 heterocycles. The molecule has 80 valence electrons. The molecule has 0 radical (unpaired) electrons. The van der Waals surface area contributed by atoms with Gasteiger partial charge in [0, 0.05) is 17.1 Å². The average Bonchev–Trinajstić information content (AvgIpc) is 1.99. The molecule has 13 heavy (non-hydrogen) atoms. The Morgan fingerprint density at radius 2 is 1.92 bits per heavy atom. The number of aliphatic carboxylic acids is 1. The van der Waals surface area contributed by atoms with Crippen molar-refractivity contribution in [1.29, 1.82) is 0 Å². The van der Waals surface area contributed by atoms with Crippen LogP contribution in [0, 0.1) is 11.3 Å². The maximum atomic E-state index is 10.9. The largest absolute Gasteiger partial charge is 0.481 e. The van der Waals surface area contributed by atoms with Gasteiger partial charge in [-0.25, -0.2) is 0 Å². The molecule has 0 aliphatic rings. The number of carboxylic acids is 1. The first-order valence-electron chi connectivity index (χ1n) is 4.65. The van der Waals surface area contributed by atoms with Crippen molar-refractivity contribution >= 4 is 5.97 Å². The molecule has 0 amide bonds. The third-order valence-corrected chi connectivity index (χ3v) is 2.57. The SMILES string of the molecule is CCC(C)(CCC(C)C)C(=O)O.[Fe]. The smallest absolute Gasteiger partial charge is 0.309 e. The van der Waals surface area contributed by atoms with Gasteiger partial charge in [0.25, 0.3) is 0 Å². The van der Waals surface area contributed by atoms with Crippen LogP contribution < -0.4 is 0 Å². The minimum absolute atomic E-state index is 0. The standard InChI is InChI=1S/C10H20O2.Fe/c1-5-10(4,9(11)12)7-6-8(2)3;/h8H,5-7H2,1-4H3,(H,11,12);. The van der Waals surface area contributed by atoms with Gasteiger partial charge in [0.05, 0.1) is 5.41 Å². The Kier molecular flexibility index (Phi) is 7.66. The van der Waals surface area contributed by atoms with E-state index in [1.165, 1.54) is 0 Å². The Labute approximate surface area is 91.6 Å². The zero-order valence-electron chi connectivity index (χ0n) is 8.91. The van der Waals surface area contributed by atoms with Crippen molar-refractivity contribution in [2.45, 2.75) is 47.0 Å². The summed E-state index contributed by atoms with van der Waals surface area (Å²) in [7, 11) is 0. The predicted molar refractivity (Wildman–Crippen MR) is 50.1 cm³/mol. The first kappa shape index (κ1) is 15.5. The van der Waals surface area contributed by atoms with E-state index in [9.17, 15) is 4.79 Å². The Bertz CT molecular complexity index is 157. The van der Waals surface area contributed by atoms with Gasteiger partial charge in [-0.1, -0.05) is 20.8 Å². The number of rotatable bonds is 5. The van der Waals surface area contributed by atoms with Gasteiger partial charge in [-0.3, -0.25) is 4.79 Å². The Hall–Kier alpha value is -0.0105. The fraction of sp³-hybridized carbons (Fsp3) is 0.900. The van der Waals surface area contributed by atoms with Crippen LogP contribution in [0.1, 0.15) is 47.0 Å². The molecule has 0 rings (SSSR count). The van der Waals surface area contributed by atoms with E-state index in [-0.39, 0.29) is 17.1 Å². The second kappa shape index (κ2) is 6.44. The van der Waals surface area contributed by atoms with Gasteiger partial charge in [0.2, 0.25) is 0 Å². The van der Waals surface area contributed by atoms with E-state index in [1.54, 1.807) is 0 Å². The molecule has 0 aromatic heterocycles. The van der Waals surface area contributed by atoms with Crippen molar-refractivity contribution < 1.29 is 27.0 Å². The molecule has 0 aliphatic heterocycles. The summed E-state index contributed by atoms with van der Waals surface area (Å²) in [6.07, 6.45) is 2.50. The van der Waals surface area contributed by atoms with Crippen molar-refractivity contribution in [3.8, 4) is 0 Å². The summed E-state index contributed by atoms with van der Waals surface area (Å²) in [6, 6.07) is 0. The Morgan fingerprint density at radius 3 is 2.15 bits per heavy atom. The third kappa shape index (κ3) is 5.32. The number of hydrogen-bond acceptors (Lipinski definition) is 1. The predicted octanol–water partition coefficient (Wildman–Crippen LogP) is 2.92. The number of hydrogen-bond donors (Lipinski definition) is 1. The maximum Gasteiger partial charge on any atom is 0.309 e. The maximum absolute atomic E-state index is 10.9. The van der Waals surface area contributed by atoms with Crippen LogP contribution in [-0.2, 0) is 21.9 Å². The van der Waals surface area contributed by atoms with Crippen LogP contribution in [-0.4, -0.2) is 11.1 Å². The number of carbonyl (C=O) groups is 1. The Balaban J connectivity index is 0. The molecule has 0 aromatic rings. The van der Waals surface area contributed by atoms with E-state index in [0.29, 0.717) is 5.92 Å². The van der Waals surface area contributed by atoms with Gasteiger partial charge in [0.15, 0.2) is 0 Å². The van der Waals surface area contributed by atoms with Crippen molar-refractivity contribution in [1.82, 2.24) is 0 Å². The molecule has 3 heteroatoms. The van der Waals surface area contributed by atoms with Crippen molar-refractivity contribution in [3.63, 3.8) is 0 Å². The number of carboxylic acid groups (broad SMARTS) is 1. The van der Waals surface area contributed by atoms with Gasteiger partial charge < -0.3 is 5.11 Å². The fourth-order valence-electron chi connectivity index (χ4n) is 1.04. The zero-order chi connectivity index (χ0) is 9.78. The third-order valence-electron chi connectivity index (χ3n) is 2.57. The molecule has 1 unspecified atom stereocenters. The fourth-order valence-corrected chi connectivity index (χ4v) is 1.04. The summed E-state index contributed by atoms with van der Waals surface area (Å²) in [5.74, 6) is -0.0686. The molecule has 1 atom stereocenters. The first-order valence-corrected chi connectivity index (χ1v) is 4.65. The second-order valence-electron chi connectivity index (χ2n) is 4.15. The summed E-state index contributed by atoms with van der Waals surface area (Å²) in [5, 5.41) is 8.95. The summed E-state index contributed by atoms with van der Waals surface area (Å²) < 4.78 is 0. The van der Waals surface area contributed by atoms with Gasteiger partial charge in [0.1, 0.15) is 0 Å². The quantitative estimate of drug-likeness (QED) is 0.734. The molecule has 0 bridgehead atoms. The van der Waals surface area contributed by atoms with Crippen LogP contribution in [0.5, 0.6) is 0 Å². The van der Waals surface area contributed by atoms with E-state index < -0.39 is 11.4 Å². The van der Waals surface area contributed by atoms with E-state index >= 15 is 0 Å². The topological polar surface area (TPSA) is 37.3 Å². The molecule has 0 aromatic carbocycles. The van der Waals surface area contributed by atoms with Crippen LogP contribution in [0.3, 0.4) is 0 Å². The summed E-state index contributed by atoms with van der Waals surface area (Å²) in [4.78, 5) is 10.9. The molecular weight excluding hydrogens is 208 g/mol. The van der Waals surface area contributed by atoms with Crippen LogP contribution >= 0.6 is 0 Å². The summed E-state index contributed by atoms with van der Waals surface area (Å²) in [6.45, 7) is 8.02. The molecular formula is C10H20FeO2. The summed E-state index contributed by atoms with van der Waals surface area (Å²) in [5.41, 5.74) is -0.510. The normalized spacial score (nSPS) is 14.8. The monoisotopic (exact) mass is 228 g/mol. The van der Waals surface area contributed by atoms with Gasteiger partial charge in [-0.05, 0) is 32.1 Å². The molecule has 0 aliphatic carbocycles. The van der Waals surface area contributed by atoms with Crippen LogP contribution in [0.4, 0.5) is 0 Å². The van der Waals surface area contributed by atoms with E-state index in [0.717, 1.165) is 19.3 Å². The van der Waals surface area contributed by atoms with E-state index in [2.05, 4.69) is 13.8 Å². The minimum atomic E-state index is -0.661. The Morgan fingerprint density at radius 1 is 1.46 bits per heavy atom. The van der Waals surface area contributed by atoms with Crippen LogP contribution in [0.15, 0.2) is 0 Å². The molecule has 0 saturated heterocycles. The molecule has 0 saturated carbocycles. The zero-order valence-corrected chi connectivity index (χ0v) is 10.0. The van der Waals surface area contributed by atoms with Crippen LogP contribution in [0.25, 0.3) is 0 Å². The molecule has 2 nitrogen and oxygen atoms in total. The first-order chi connectivity index (χ1) is 5.42. The molecule has 0 fully saturated rings. The van der Waals surface area contributed by atoms with Gasteiger partial charge >= 0.3 is 5.97 Å². The summed E-state index contributed by atoms with van der Waals surface area (Å²) >= 11 is 0. The van der Waals surface area contributed by atoms with Gasteiger partial charge in [-0.2, -0.15) is 0 Å². The van der Waals surface area contributed by atoms with Crippen LogP contribution in [0.2, 0.25) is 0 Å². The van der Waals surface area contributed by atoms with E-state index in [4.69, 9.17) is 5.11 Å². The molecule has 1 N–H and O–H groups in total. The van der Waals surface area contributed by atoms with E-state index in [1.807, 2.05) is 13.8 Å². The van der Waals surface area contributed by atoms with Gasteiger partial charge in [-0.15, -0.1) is 0 Å². The minimum Gasteiger partial charge on any atom is -0.481 e. The average molecular weight is 228 g/mol. The van der Waals surface area contributed by atoms with Crippen molar-refractivity contribution in [3.05, 3.63) is 0 Å². The van der Waals surface area contributed by atoms with Crippen molar-refractivity contribution in [2.24, 2.45) is 11.3 Å². The second-order valence-corrected chi connectivity index (χ2v) is 4.15. The van der Waals surface area contributed by atoms with Crippen molar-refractivity contribution in [2.75, 3.05) is 0 Å².